The minimum absolute atomic E-state index is 0.0654. The summed E-state index contributed by atoms with van der Waals surface area (Å²) in [6.45, 7) is 2.73. The van der Waals surface area contributed by atoms with Crippen molar-refractivity contribution in [3.05, 3.63) is 41.3 Å². The summed E-state index contributed by atoms with van der Waals surface area (Å²) in [6, 6.07) is 10.8. The van der Waals surface area contributed by atoms with Crippen molar-refractivity contribution >= 4 is 33.8 Å². The van der Waals surface area contributed by atoms with Gasteiger partial charge in [0.05, 0.1) is 31.5 Å². The Morgan fingerprint density at radius 2 is 1.89 bits per heavy atom. The fourth-order valence-electron chi connectivity index (χ4n) is 2.53. The van der Waals surface area contributed by atoms with E-state index in [1.165, 1.54) is 11.3 Å². The van der Waals surface area contributed by atoms with Crippen LogP contribution in [-0.2, 0) is 9.59 Å². The predicted octanol–water partition coefficient (Wildman–Crippen LogP) is 2.92. The number of ether oxygens (including phenoxy) is 1. The van der Waals surface area contributed by atoms with Crippen molar-refractivity contribution < 1.29 is 14.3 Å². The first-order chi connectivity index (χ1) is 13.1. The number of carbonyl (C=O) groups excluding carboxylic acids is 2. The molecule has 0 aliphatic rings. The normalized spacial score (nSPS) is 10.3. The molecule has 0 spiro atoms. The van der Waals surface area contributed by atoms with Crippen molar-refractivity contribution in [2.75, 3.05) is 37.4 Å². The van der Waals surface area contributed by atoms with Gasteiger partial charge in [0.25, 0.3) is 0 Å². The Bertz CT molecular complexity index is 828. The van der Waals surface area contributed by atoms with Crippen molar-refractivity contribution in [1.29, 1.82) is 5.26 Å². The van der Waals surface area contributed by atoms with E-state index in [0.717, 1.165) is 6.42 Å². The minimum Gasteiger partial charge on any atom is -0.495 e. The molecule has 1 heterocycles. The van der Waals surface area contributed by atoms with E-state index in [2.05, 4.69) is 10.6 Å². The van der Waals surface area contributed by atoms with Crippen molar-refractivity contribution in [2.45, 2.75) is 13.3 Å². The molecule has 2 rings (SSSR count). The van der Waals surface area contributed by atoms with Gasteiger partial charge < -0.3 is 15.4 Å². The maximum absolute atomic E-state index is 12.4. The highest BCUT2D eigenvalue weighted by atomic mass is 32.1. The molecule has 7 nitrogen and oxygen atoms in total. The first-order valence-electron chi connectivity index (χ1n) is 8.50. The fraction of sp³-hybridized carbons (Fsp3) is 0.316. The summed E-state index contributed by atoms with van der Waals surface area (Å²) in [5.74, 6) is 0.0921. The number of nitrogens with zero attached hydrogens (tertiary/aromatic N) is 2. The second-order valence-electron chi connectivity index (χ2n) is 5.78. The molecule has 27 heavy (non-hydrogen) atoms. The maximum Gasteiger partial charge on any atom is 0.239 e. The molecule has 2 amide bonds. The number of rotatable bonds is 9. The lowest BCUT2D eigenvalue weighted by Gasteiger charge is -2.20. The molecule has 0 saturated heterocycles. The van der Waals surface area contributed by atoms with Crippen LogP contribution in [0.4, 0.5) is 10.7 Å². The number of amides is 2. The Morgan fingerprint density at radius 1 is 1.19 bits per heavy atom. The summed E-state index contributed by atoms with van der Waals surface area (Å²) >= 11 is 1.30. The molecule has 0 aliphatic heterocycles. The average molecular weight is 386 g/mol. The molecule has 8 heteroatoms. The van der Waals surface area contributed by atoms with E-state index < -0.39 is 0 Å². The molecule has 1 aromatic carbocycles. The van der Waals surface area contributed by atoms with Crippen LogP contribution in [0.25, 0.3) is 0 Å². The van der Waals surface area contributed by atoms with Crippen LogP contribution in [0.3, 0.4) is 0 Å². The molecule has 0 atom stereocenters. The van der Waals surface area contributed by atoms with Crippen LogP contribution in [0.5, 0.6) is 5.75 Å². The zero-order chi connectivity index (χ0) is 19.6. The van der Waals surface area contributed by atoms with Crippen LogP contribution < -0.4 is 15.4 Å². The monoisotopic (exact) mass is 386 g/mol. The number of thiophene rings is 1. The van der Waals surface area contributed by atoms with Gasteiger partial charge >= 0.3 is 0 Å². The van der Waals surface area contributed by atoms with E-state index in [-0.39, 0.29) is 24.9 Å². The highest BCUT2D eigenvalue weighted by molar-refractivity contribution is 7.14. The number of anilines is 2. The fourth-order valence-corrected chi connectivity index (χ4v) is 3.29. The van der Waals surface area contributed by atoms with E-state index >= 15 is 0 Å². The number of nitrogens with one attached hydrogen (secondary N) is 2. The van der Waals surface area contributed by atoms with E-state index in [4.69, 9.17) is 10.00 Å². The molecular formula is C19H22N4O3S. The molecule has 0 saturated carbocycles. The van der Waals surface area contributed by atoms with E-state index in [9.17, 15) is 9.59 Å². The third-order valence-electron chi connectivity index (χ3n) is 3.69. The van der Waals surface area contributed by atoms with Crippen LogP contribution in [-0.4, -0.2) is 43.5 Å². The Balaban J connectivity index is 1.95. The van der Waals surface area contributed by atoms with Gasteiger partial charge in [0.2, 0.25) is 11.8 Å². The molecule has 0 unspecified atom stereocenters. The van der Waals surface area contributed by atoms with Gasteiger partial charge in [-0.2, -0.15) is 5.26 Å². The summed E-state index contributed by atoms with van der Waals surface area (Å²) in [5, 5.41) is 16.8. The van der Waals surface area contributed by atoms with Crippen molar-refractivity contribution in [2.24, 2.45) is 0 Å². The van der Waals surface area contributed by atoms with Crippen LogP contribution in [0.15, 0.2) is 35.7 Å². The Hall–Kier alpha value is -2.89. The third kappa shape index (κ3) is 6.09. The summed E-state index contributed by atoms with van der Waals surface area (Å²) in [5.41, 5.74) is 1.02. The molecule has 0 aliphatic carbocycles. The van der Waals surface area contributed by atoms with Gasteiger partial charge in [-0.3, -0.25) is 14.5 Å². The van der Waals surface area contributed by atoms with E-state index in [0.29, 0.717) is 28.5 Å². The Kier molecular flexibility index (Phi) is 7.79. The lowest BCUT2D eigenvalue weighted by Crippen LogP contribution is -2.39. The Labute approximate surface area is 162 Å². The summed E-state index contributed by atoms with van der Waals surface area (Å²) in [7, 11) is 1.54. The van der Waals surface area contributed by atoms with Crippen LogP contribution in [0.2, 0.25) is 0 Å². The standard InChI is InChI=1S/C19H22N4O3S/c1-3-9-23(13-18(25)22-19-14(11-20)8-10-27-19)12-17(24)21-15-6-4-5-7-16(15)26-2/h4-8,10H,3,9,12-13H2,1-2H3,(H,21,24)(H,22,25). The molecule has 0 bridgehead atoms. The van der Waals surface area contributed by atoms with Gasteiger partial charge in [-0.15, -0.1) is 11.3 Å². The van der Waals surface area contributed by atoms with Crippen molar-refractivity contribution in [3.63, 3.8) is 0 Å². The highest BCUT2D eigenvalue weighted by Crippen LogP contribution is 2.23. The number of hydrogen-bond donors (Lipinski definition) is 2. The van der Waals surface area contributed by atoms with E-state index in [1.54, 1.807) is 35.6 Å². The highest BCUT2D eigenvalue weighted by Gasteiger charge is 2.16. The maximum atomic E-state index is 12.4. The molecule has 2 aromatic rings. The second kappa shape index (κ2) is 10.3. The quantitative estimate of drug-likeness (QED) is 0.691. The third-order valence-corrected chi connectivity index (χ3v) is 4.52. The van der Waals surface area contributed by atoms with Gasteiger partial charge in [0.15, 0.2) is 0 Å². The number of methoxy groups -OCH3 is 1. The molecule has 0 radical (unpaired) electrons. The lowest BCUT2D eigenvalue weighted by atomic mass is 10.3. The van der Waals surface area contributed by atoms with Gasteiger partial charge in [-0.25, -0.2) is 0 Å². The van der Waals surface area contributed by atoms with Crippen LogP contribution >= 0.6 is 11.3 Å². The molecule has 1 aromatic heterocycles. The first-order valence-corrected chi connectivity index (χ1v) is 9.38. The van der Waals surface area contributed by atoms with Gasteiger partial charge in [0, 0.05) is 0 Å². The molecule has 142 valence electrons. The van der Waals surface area contributed by atoms with E-state index in [1.807, 2.05) is 25.1 Å². The number of carbonyl (C=O) groups is 2. The Morgan fingerprint density at radius 3 is 2.56 bits per heavy atom. The van der Waals surface area contributed by atoms with Crippen LogP contribution in [0.1, 0.15) is 18.9 Å². The topological polar surface area (TPSA) is 94.5 Å². The van der Waals surface area contributed by atoms with Gasteiger partial charge in [-0.1, -0.05) is 19.1 Å². The number of hydrogen-bond acceptors (Lipinski definition) is 6. The zero-order valence-electron chi connectivity index (χ0n) is 15.3. The smallest absolute Gasteiger partial charge is 0.239 e. The molecule has 0 fully saturated rings. The minimum atomic E-state index is -0.257. The van der Waals surface area contributed by atoms with Gasteiger partial charge in [0.1, 0.15) is 16.8 Å². The summed E-state index contributed by atoms with van der Waals surface area (Å²) < 4.78 is 5.23. The molecular weight excluding hydrogens is 364 g/mol. The number of para-hydroxylation sites is 2. The lowest BCUT2D eigenvalue weighted by molar-refractivity contribution is -0.120. The largest absolute Gasteiger partial charge is 0.495 e. The van der Waals surface area contributed by atoms with Gasteiger partial charge in [-0.05, 0) is 36.5 Å². The van der Waals surface area contributed by atoms with Crippen molar-refractivity contribution in [1.82, 2.24) is 4.90 Å². The second-order valence-corrected chi connectivity index (χ2v) is 6.70. The molecule has 2 N–H and O–H groups in total. The average Bonchev–Trinajstić information content (AvgIpc) is 3.09. The zero-order valence-corrected chi connectivity index (χ0v) is 16.1. The number of benzene rings is 1. The number of nitriles is 1. The SMILES string of the molecule is CCCN(CC(=O)Nc1ccccc1OC)CC(=O)Nc1sccc1C#N. The van der Waals surface area contributed by atoms with Crippen molar-refractivity contribution in [3.8, 4) is 11.8 Å². The predicted molar refractivity (Wildman–Crippen MR) is 106 cm³/mol. The first kappa shape index (κ1) is 20.4. The van der Waals surface area contributed by atoms with Crippen LogP contribution in [0, 0.1) is 11.3 Å². The summed E-state index contributed by atoms with van der Waals surface area (Å²) in [6.07, 6.45) is 0.803. The summed E-state index contributed by atoms with van der Waals surface area (Å²) in [4.78, 5) is 26.4.